The molecule has 1 fully saturated rings. The average Bonchev–Trinajstić information content (AvgIpc) is 3.10. The van der Waals surface area contributed by atoms with Crippen LogP contribution < -0.4 is 4.74 Å². The van der Waals surface area contributed by atoms with E-state index in [1.54, 1.807) is 0 Å². The molecule has 3 rings (SSSR count). The first-order chi connectivity index (χ1) is 14.9. The third-order valence-corrected chi connectivity index (χ3v) is 6.83. The maximum Gasteiger partial charge on any atom is 0.122 e. The Morgan fingerprint density at radius 3 is 2.61 bits per heavy atom. The molecule has 0 saturated heterocycles. The van der Waals surface area contributed by atoms with Crippen molar-refractivity contribution >= 4 is 11.8 Å². The highest BCUT2D eigenvalue weighted by Crippen LogP contribution is 2.45. The van der Waals surface area contributed by atoms with E-state index in [1.165, 1.54) is 0 Å². The molecule has 0 amide bonds. The van der Waals surface area contributed by atoms with Crippen molar-refractivity contribution in [1.29, 1.82) is 0 Å². The summed E-state index contributed by atoms with van der Waals surface area (Å²) in [6.45, 7) is 4.16. The van der Waals surface area contributed by atoms with Crippen molar-refractivity contribution in [3.05, 3.63) is 71.8 Å². The van der Waals surface area contributed by atoms with Crippen molar-refractivity contribution in [2.75, 3.05) is 12.0 Å². The van der Waals surface area contributed by atoms with Crippen LogP contribution in [0.4, 0.5) is 0 Å². The number of rotatable bonds is 10. The van der Waals surface area contributed by atoms with Crippen molar-refractivity contribution in [1.82, 2.24) is 0 Å². The molecule has 1 unspecified atom stereocenters. The highest BCUT2D eigenvalue weighted by Gasteiger charge is 2.36. The molecule has 0 heterocycles. The Hall–Kier alpha value is -1.91. The van der Waals surface area contributed by atoms with Crippen LogP contribution in [0.2, 0.25) is 0 Å². The molecule has 2 aromatic rings. The van der Waals surface area contributed by atoms with E-state index in [0.717, 1.165) is 54.7 Å². The van der Waals surface area contributed by atoms with Crippen LogP contribution in [0.5, 0.6) is 11.5 Å². The van der Waals surface area contributed by atoms with E-state index in [1.807, 2.05) is 60.3 Å². The highest BCUT2D eigenvalue weighted by molar-refractivity contribution is 7.98. The van der Waals surface area contributed by atoms with E-state index < -0.39 is 0 Å². The van der Waals surface area contributed by atoms with E-state index in [4.69, 9.17) is 4.74 Å². The lowest BCUT2D eigenvalue weighted by Crippen LogP contribution is -2.27. The van der Waals surface area contributed by atoms with Gasteiger partial charge in [0.15, 0.2) is 0 Å². The second-order valence-electron chi connectivity index (χ2n) is 9.09. The van der Waals surface area contributed by atoms with Crippen molar-refractivity contribution < 1.29 is 14.9 Å². The second kappa shape index (κ2) is 11.1. The number of phenols is 1. The monoisotopic (exact) mass is 440 g/mol. The zero-order valence-corrected chi connectivity index (χ0v) is 19.8. The van der Waals surface area contributed by atoms with Gasteiger partial charge in [-0.2, -0.15) is 11.8 Å². The summed E-state index contributed by atoms with van der Waals surface area (Å²) in [6, 6.07) is 16.0. The SMILES string of the molecule is CSCCCc1cccc([C@H]2CC[C@@H](O)C2/C=C/CC(C)(C)Oc2ccccc2)c1O. The van der Waals surface area contributed by atoms with Crippen molar-refractivity contribution in [3.8, 4) is 11.5 Å². The van der Waals surface area contributed by atoms with Gasteiger partial charge in [-0.3, -0.25) is 0 Å². The van der Waals surface area contributed by atoms with Crippen LogP contribution in [0.15, 0.2) is 60.7 Å². The lowest BCUT2D eigenvalue weighted by atomic mass is 9.85. The number of aryl methyl sites for hydroxylation is 1. The number of aliphatic hydroxyl groups excluding tert-OH is 1. The van der Waals surface area contributed by atoms with Gasteiger partial charge in [-0.25, -0.2) is 0 Å². The summed E-state index contributed by atoms with van der Waals surface area (Å²) in [4.78, 5) is 0. The largest absolute Gasteiger partial charge is 0.507 e. The van der Waals surface area contributed by atoms with E-state index in [-0.39, 0.29) is 23.5 Å². The highest BCUT2D eigenvalue weighted by atomic mass is 32.2. The van der Waals surface area contributed by atoms with Crippen molar-refractivity contribution in [2.45, 2.75) is 63.6 Å². The summed E-state index contributed by atoms with van der Waals surface area (Å²) in [5.74, 6) is 2.54. The lowest BCUT2D eigenvalue weighted by Gasteiger charge is -2.26. The van der Waals surface area contributed by atoms with E-state index in [2.05, 4.69) is 32.3 Å². The summed E-state index contributed by atoms with van der Waals surface area (Å²) < 4.78 is 6.13. The van der Waals surface area contributed by atoms with Crippen LogP contribution in [0, 0.1) is 5.92 Å². The number of para-hydroxylation sites is 2. The topological polar surface area (TPSA) is 49.7 Å². The second-order valence-corrected chi connectivity index (χ2v) is 10.1. The van der Waals surface area contributed by atoms with Crippen molar-refractivity contribution in [2.24, 2.45) is 5.92 Å². The van der Waals surface area contributed by atoms with Gasteiger partial charge in [0, 0.05) is 12.3 Å². The molecule has 3 nitrogen and oxygen atoms in total. The van der Waals surface area contributed by atoms with Crippen molar-refractivity contribution in [3.63, 3.8) is 0 Å². The summed E-state index contributed by atoms with van der Waals surface area (Å²) in [5, 5.41) is 21.6. The fraction of sp³-hybridized carbons (Fsp3) is 0.481. The van der Waals surface area contributed by atoms with Gasteiger partial charge >= 0.3 is 0 Å². The van der Waals surface area contributed by atoms with Gasteiger partial charge in [-0.1, -0.05) is 48.6 Å². The first-order valence-electron chi connectivity index (χ1n) is 11.3. The minimum absolute atomic E-state index is 0.0138. The quantitative estimate of drug-likeness (QED) is 0.334. The molecular weight excluding hydrogens is 404 g/mol. The number of benzene rings is 2. The van der Waals surface area contributed by atoms with Gasteiger partial charge < -0.3 is 14.9 Å². The number of phenolic OH excluding ortho intramolecular Hbond substituents is 1. The average molecular weight is 441 g/mol. The van der Waals surface area contributed by atoms with Gasteiger partial charge in [-0.15, -0.1) is 0 Å². The minimum Gasteiger partial charge on any atom is -0.507 e. The molecule has 0 aromatic heterocycles. The molecule has 3 atom stereocenters. The molecule has 1 aliphatic carbocycles. The first kappa shape index (κ1) is 23.7. The summed E-state index contributed by atoms with van der Waals surface area (Å²) >= 11 is 1.83. The van der Waals surface area contributed by atoms with Gasteiger partial charge in [0.2, 0.25) is 0 Å². The summed E-state index contributed by atoms with van der Waals surface area (Å²) in [7, 11) is 0. The molecule has 0 spiro atoms. The Morgan fingerprint density at radius 1 is 1.10 bits per heavy atom. The molecule has 2 aromatic carbocycles. The number of aromatic hydroxyl groups is 1. The Labute approximate surface area is 191 Å². The van der Waals surface area contributed by atoms with E-state index in [9.17, 15) is 10.2 Å². The fourth-order valence-corrected chi connectivity index (χ4v) is 4.94. The van der Waals surface area contributed by atoms with Crippen LogP contribution in [0.25, 0.3) is 0 Å². The van der Waals surface area contributed by atoms with Gasteiger partial charge in [-0.05, 0) is 80.7 Å². The molecular formula is C27H36O3S. The number of aliphatic hydroxyl groups is 1. The molecule has 4 heteroatoms. The predicted octanol–water partition coefficient (Wildman–Crippen LogP) is 6.35. The Bertz CT molecular complexity index is 847. The van der Waals surface area contributed by atoms with Crippen LogP contribution >= 0.6 is 11.8 Å². The van der Waals surface area contributed by atoms with Gasteiger partial charge in [0.25, 0.3) is 0 Å². The van der Waals surface area contributed by atoms with Gasteiger partial charge in [0.05, 0.1) is 6.10 Å². The zero-order valence-electron chi connectivity index (χ0n) is 19.0. The Morgan fingerprint density at radius 2 is 1.87 bits per heavy atom. The molecule has 0 radical (unpaired) electrons. The Kier molecular flexibility index (Phi) is 8.50. The number of thioether (sulfide) groups is 1. The van der Waals surface area contributed by atoms with Crippen LogP contribution in [-0.4, -0.2) is 33.9 Å². The molecule has 0 bridgehead atoms. The fourth-order valence-electron chi connectivity index (χ4n) is 4.51. The molecule has 168 valence electrons. The summed E-state index contributed by atoms with van der Waals surface area (Å²) in [6.07, 6.45) is 10.4. The van der Waals surface area contributed by atoms with Gasteiger partial charge in [0.1, 0.15) is 17.1 Å². The summed E-state index contributed by atoms with van der Waals surface area (Å²) in [5.41, 5.74) is 1.66. The van der Waals surface area contributed by atoms with E-state index in [0.29, 0.717) is 5.75 Å². The van der Waals surface area contributed by atoms with E-state index >= 15 is 0 Å². The molecule has 31 heavy (non-hydrogen) atoms. The lowest BCUT2D eigenvalue weighted by molar-refractivity contribution is 0.112. The predicted molar refractivity (Wildman–Crippen MR) is 131 cm³/mol. The third kappa shape index (κ3) is 6.54. The number of hydrogen-bond donors (Lipinski definition) is 2. The molecule has 0 aliphatic heterocycles. The smallest absolute Gasteiger partial charge is 0.122 e. The van der Waals surface area contributed by atoms with Crippen LogP contribution in [0.1, 0.15) is 56.6 Å². The molecule has 1 saturated carbocycles. The maximum atomic E-state index is 10.9. The third-order valence-electron chi connectivity index (χ3n) is 6.13. The minimum atomic E-state index is -0.376. The standard InChI is InChI=1S/C27H36O3S/c1-27(2,30-21-12-5-4-6-13-21)18-8-15-23-22(16-17-25(23)28)24-14-7-10-20(26(24)29)11-9-19-31-3/h4-8,10,12-15,22-23,25,28-29H,9,11,16-19H2,1-3H3/b15-8+/t22-,23?,25+/m0/s1. The maximum absolute atomic E-state index is 10.9. The molecule has 2 N–H and O–H groups in total. The number of hydrogen-bond acceptors (Lipinski definition) is 4. The normalized spacial score (nSPS) is 21.6. The number of ether oxygens (including phenoxy) is 1. The van der Waals surface area contributed by atoms with Crippen LogP contribution in [0.3, 0.4) is 0 Å². The van der Waals surface area contributed by atoms with Crippen LogP contribution in [-0.2, 0) is 6.42 Å². The Balaban J connectivity index is 1.69. The molecule has 1 aliphatic rings. The zero-order chi connectivity index (χ0) is 22.3. The first-order valence-corrected chi connectivity index (χ1v) is 12.7.